The van der Waals surface area contributed by atoms with Crippen molar-refractivity contribution in [2.75, 3.05) is 51.3 Å². The first kappa shape index (κ1) is 27.2. The molecule has 0 saturated carbocycles. The molecule has 40 heavy (non-hydrogen) atoms. The molecule has 5 rings (SSSR count). The number of aryl methyl sites for hydroxylation is 1. The van der Waals surface area contributed by atoms with Crippen LogP contribution >= 0.6 is 0 Å². The van der Waals surface area contributed by atoms with Gasteiger partial charge in [-0.15, -0.1) is 0 Å². The first-order valence-electron chi connectivity index (χ1n) is 13.3. The van der Waals surface area contributed by atoms with E-state index in [1.54, 1.807) is 33.9 Å². The van der Waals surface area contributed by atoms with Gasteiger partial charge in [0.15, 0.2) is 0 Å². The maximum atomic E-state index is 13.6. The number of ether oxygens (including phenoxy) is 1. The van der Waals surface area contributed by atoms with Crippen molar-refractivity contribution < 1.29 is 18.7 Å². The lowest BCUT2D eigenvalue weighted by Gasteiger charge is -2.30. The Morgan fingerprint density at radius 2 is 1.68 bits per heavy atom. The highest BCUT2D eigenvalue weighted by molar-refractivity contribution is 6.00. The molecule has 2 heterocycles. The highest BCUT2D eigenvalue weighted by Gasteiger charge is 2.23. The average Bonchev–Trinajstić information content (AvgIpc) is 3.40. The molecule has 0 unspecified atom stereocenters. The SMILES string of the molecule is Cc1ccccc1C(=O)N(CCN1CCOCC1)CC(=O)Nc1nc(-c2ccccc2)cn1-c1ccc(F)cc1. The van der Waals surface area contributed by atoms with Crippen molar-refractivity contribution in [2.24, 2.45) is 0 Å². The molecule has 0 atom stereocenters. The van der Waals surface area contributed by atoms with E-state index >= 15 is 0 Å². The fraction of sp³-hybridized carbons (Fsp3) is 0.258. The Morgan fingerprint density at radius 1 is 0.975 bits per heavy atom. The Morgan fingerprint density at radius 3 is 2.40 bits per heavy atom. The molecule has 1 saturated heterocycles. The number of hydrogen-bond donors (Lipinski definition) is 1. The van der Waals surface area contributed by atoms with Crippen LogP contribution in [0.15, 0.2) is 85.1 Å². The number of carbonyl (C=O) groups excluding carboxylic acids is 2. The predicted molar refractivity (Wildman–Crippen MR) is 152 cm³/mol. The molecule has 0 spiro atoms. The van der Waals surface area contributed by atoms with Gasteiger partial charge in [0.2, 0.25) is 11.9 Å². The summed E-state index contributed by atoms with van der Waals surface area (Å²) in [7, 11) is 0. The highest BCUT2D eigenvalue weighted by Crippen LogP contribution is 2.24. The van der Waals surface area contributed by atoms with E-state index in [1.807, 2.05) is 55.5 Å². The molecule has 1 aromatic heterocycles. The summed E-state index contributed by atoms with van der Waals surface area (Å²) in [6.07, 6.45) is 1.80. The average molecular weight is 542 g/mol. The summed E-state index contributed by atoms with van der Waals surface area (Å²) >= 11 is 0. The molecule has 8 nitrogen and oxygen atoms in total. The van der Waals surface area contributed by atoms with Gasteiger partial charge in [-0.1, -0.05) is 48.5 Å². The number of halogens is 1. The van der Waals surface area contributed by atoms with Crippen LogP contribution in [0.3, 0.4) is 0 Å². The number of nitrogens with zero attached hydrogens (tertiary/aromatic N) is 4. The van der Waals surface area contributed by atoms with Crippen molar-refractivity contribution in [1.82, 2.24) is 19.4 Å². The molecular weight excluding hydrogens is 509 g/mol. The molecule has 206 valence electrons. The smallest absolute Gasteiger partial charge is 0.254 e. The van der Waals surface area contributed by atoms with Crippen molar-refractivity contribution >= 4 is 17.8 Å². The molecule has 1 aliphatic heterocycles. The first-order valence-corrected chi connectivity index (χ1v) is 13.3. The lowest BCUT2D eigenvalue weighted by atomic mass is 10.1. The van der Waals surface area contributed by atoms with Crippen LogP contribution in [0.1, 0.15) is 15.9 Å². The van der Waals surface area contributed by atoms with Gasteiger partial charge in [-0.05, 0) is 42.8 Å². The Hall–Kier alpha value is -4.34. The first-order chi connectivity index (χ1) is 19.5. The van der Waals surface area contributed by atoms with E-state index in [0.29, 0.717) is 43.2 Å². The van der Waals surface area contributed by atoms with E-state index in [-0.39, 0.29) is 30.1 Å². The van der Waals surface area contributed by atoms with Gasteiger partial charge in [0.25, 0.3) is 5.91 Å². The van der Waals surface area contributed by atoms with Crippen LogP contribution < -0.4 is 5.32 Å². The standard InChI is InChI=1S/C31H32FN5O3/c1-23-7-5-6-10-27(23)30(39)36(16-15-35-17-19-40-20-18-35)22-29(38)34-31-33-28(24-8-3-2-4-9-24)21-37(31)26-13-11-25(32)12-14-26/h2-14,21H,15-20,22H2,1H3,(H,33,34,38). The number of imidazole rings is 1. The maximum Gasteiger partial charge on any atom is 0.254 e. The zero-order chi connectivity index (χ0) is 27.9. The van der Waals surface area contributed by atoms with Gasteiger partial charge in [0.1, 0.15) is 12.4 Å². The zero-order valence-electron chi connectivity index (χ0n) is 22.4. The van der Waals surface area contributed by atoms with E-state index in [4.69, 9.17) is 4.74 Å². The maximum absolute atomic E-state index is 13.6. The quantitative estimate of drug-likeness (QED) is 0.340. The number of benzene rings is 3. The Balaban J connectivity index is 1.39. The van der Waals surface area contributed by atoms with Gasteiger partial charge in [-0.2, -0.15) is 0 Å². The third-order valence-electron chi connectivity index (χ3n) is 6.92. The summed E-state index contributed by atoms with van der Waals surface area (Å²) in [5.74, 6) is -0.652. The summed E-state index contributed by atoms with van der Waals surface area (Å²) in [6.45, 7) is 5.65. The fourth-order valence-corrected chi connectivity index (χ4v) is 4.68. The molecule has 2 amide bonds. The summed E-state index contributed by atoms with van der Waals surface area (Å²) in [5.41, 5.74) is 3.59. The highest BCUT2D eigenvalue weighted by atomic mass is 19.1. The molecule has 4 aromatic rings. The van der Waals surface area contributed by atoms with Crippen molar-refractivity contribution in [2.45, 2.75) is 6.92 Å². The van der Waals surface area contributed by atoms with E-state index in [1.165, 1.54) is 12.1 Å². The molecular formula is C31H32FN5O3. The lowest BCUT2D eigenvalue weighted by Crippen LogP contribution is -2.45. The third kappa shape index (κ3) is 6.62. The second kappa shape index (κ2) is 12.7. The Kier molecular flexibility index (Phi) is 8.63. The number of carbonyl (C=O) groups is 2. The fourth-order valence-electron chi connectivity index (χ4n) is 4.68. The van der Waals surface area contributed by atoms with Gasteiger partial charge in [-0.3, -0.25) is 24.4 Å². The minimum Gasteiger partial charge on any atom is -0.379 e. The second-order valence-corrected chi connectivity index (χ2v) is 9.71. The number of aromatic nitrogens is 2. The largest absolute Gasteiger partial charge is 0.379 e. The Labute approximate surface area is 233 Å². The molecule has 1 fully saturated rings. The number of rotatable bonds is 9. The van der Waals surface area contributed by atoms with Crippen LogP contribution in [0.4, 0.5) is 10.3 Å². The van der Waals surface area contributed by atoms with E-state index in [9.17, 15) is 14.0 Å². The summed E-state index contributed by atoms with van der Waals surface area (Å²) < 4.78 is 20.8. The number of nitrogens with one attached hydrogen (secondary N) is 1. The van der Waals surface area contributed by atoms with Crippen LogP contribution in [-0.4, -0.2) is 77.1 Å². The summed E-state index contributed by atoms with van der Waals surface area (Å²) in [4.78, 5) is 35.5. The van der Waals surface area contributed by atoms with Crippen LogP contribution in [0.25, 0.3) is 16.9 Å². The number of anilines is 1. The van der Waals surface area contributed by atoms with Crippen LogP contribution in [0.2, 0.25) is 0 Å². The zero-order valence-corrected chi connectivity index (χ0v) is 22.4. The topological polar surface area (TPSA) is 79.7 Å². The van der Waals surface area contributed by atoms with Crippen LogP contribution in [0, 0.1) is 12.7 Å². The van der Waals surface area contributed by atoms with Gasteiger partial charge < -0.3 is 9.64 Å². The summed E-state index contributed by atoms with van der Waals surface area (Å²) in [5, 5.41) is 2.89. The molecule has 0 bridgehead atoms. The molecule has 1 aliphatic rings. The minimum absolute atomic E-state index is 0.144. The Bertz CT molecular complexity index is 1450. The number of hydrogen-bond acceptors (Lipinski definition) is 5. The van der Waals surface area contributed by atoms with E-state index in [0.717, 1.165) is 24.2 Å². The normalized spacial score (nSPS) is 13.7. The summed E-state index contributed by atoms with van der Waals surface area (Å²) in [6, 6.07) is 22.9. The lowest BCUT2D eigenvalue weighted by molar-refractivity contribution is -0.117. The van der Waals surface area contributed by atoms with E-state index < -0.39 is 0 Å². The number of amides is 2. The number of morpholine rings is 1. The van der Waals surface area contributed by atoms with Gasteiger partial charge in [0.05, 0.1) is 18.9 Å². The second-order valence-electron chi connectivity index (χ2n) is 9.71. The van der Waals surface area contributed by atoms with Crippen molar-refractivity contribution in [3.8, 4) is 16.9 Å². The van der Waals surface area contributed by atoms with Gasteiger partial charge in [-0.25, -0.2) is 9.37 Å². The van der Waals surface area contributed by atoms with Crippen molar-refractivity contribution in [1.29, 1.82) is 0 Å². The molecule has 0 aliphatic carbocycles. The molecule has 0 radical (unpaired) electrons. The van der Waals surface area contributed by atoms with Gasteiger partial charge >= 0.3 is 0 Å². The van der Waals surface area contributed by atoms with Crippen molar-refractivity contribution in [3.63, 3.8) is 0 Å². The van der Waals surface area contributed by atoms with Crippen LogP contribution in [-0.2, 0) is 9.53 Å². The third-order valence-corrected chi connectivity index (χ3v) is 6.92. The monoisotopic (exact) mass is 541 g/mol. The molecule has 9 heteroatoms. The van der Waals surface area contributed by atoms with Crippen molar-refractivity contribution in [3.05, 3.63) is 102 Å². The molecule has 3 aromatic carbocycles. The molecule has 1 N–H and O–H groups in total. The van der Waals surface area contributed by atoms with Gasteiger partial charge in [0, 0.05) is 49.2 Å². The minimum atomic E-state index is -0.377. The van der Waals surface area contributed by atoms with E-state index in [2.05, 4.69) is 15.2 Å². The van der Waals surface area contributed by atoms with Crippen LogP contribution in [0.5, 0.6) is 0 Å². The predicted octanol–water partition coefficient (Wildman–Crippen LogP) is 4.40.